The van der Waals surface area contributed by atoms with E-state index in [0.717, 1.165) is 31.2 Å². The Bertz CT molecular complexity index is 2910. The molecule has 4 fully saturated rings. The van der Waals surface area contributed by atoms with Crippen LogP contribution in [0.3, 0.4) is 0 Å². The van der Waals surface area contributed by atoms with E-state index in [4.69, 9.17) is 46.4 Å². The van der Waals surface area contributed by atoms with E-state index in [-0.39, 0.29) is 62.2 Å². The molecule has 2 amide bonds. The van der Waals surface area contributed by atoms with Crippen molar-refractivity contribution in [1.29, 1.82) is 0 Å². The van der Waals surface area contributed by atoms with Gasteiger partial charge in [-0.25, -0.2) is 8.78 Å². The molecule has 0 radical (unpaired) electrons. The van der Waals surface area contributed by atoms with Crippen molar-refractivity contribution in [3.63, 3.8) is 0 Å². The molecule has 2 spiro atoms. The zero-order valence-electron chi connectivity index (χ0n) is 44.0. The van der Waals surface area contributed by atoms with E-state index < -0.39 is 64.1 Å². The molecule has 402 valence electrons. The third-order valence-corrected chi connectivity index (χ3v) is 18.2. The van der Waals surface area contributed by atoms with Crippen LogP contribution in [0.5, 0.6) is 0 Å². The van der Waals surface area contributed by atoms with Gasteiger partial charge in [0.15, 0.2) is 11.6 Å². The summed E-state index contributed by atoms with van der Waals surface area (Å²) in [6.45, 7) is 16.6. The Morgan fingerprint density at radius 2 is 1.03 bits per heavy atom. The normalized spacial score (nSPS) is 31.9. The fourth-order valence-electron chi connectivity index (χ4n) is 14.1. The average molecular weight is 1110 g/mol. The molecule has 4 aromatic carbocycles. The van der Waals surface area contributed by atoms with Crippen molar-refractivity contribution in [1.82, 2.24) is 10.6 Å². The van der Waals surface area contributed by atoms with Crippen molar-refractivity contribution >= 4 is 81.2 Å². The number of hydrogen-bond acceptors (Lipinski definition) is 7. The lowest BCUT2D eigenvalue weighted by molar-refractivity contribution is -0.127. The highest BCUT2D eigenvalue weighted by molar-refractivity contribution is 6.32. The lowest BCUT2D eigenvalue weighted by atomic mass is 9.61. The molecule has 9 nitrogen and oxygen atoms in total. The van der Waals surface area contributed by atoms with Crippen LogP contribution in [0, 0.1) is 40.2 Å². The van der Waals surface area contributed by atoms with Gasteiger partial charge < -0.3 is 26.4 Å². The van der Waals surface area contributed by atoms with Crippen LogP contribution in [0.2, 0.25) is 20.1 Å². The van der Waals surface area contributed by atoms with Gasteiger partial charge in [0.25, 0.3) is 0 Å². The monoisotopic (exact) mass is 1100 g/mol. The number of fused-ring (bicyclic) bond motifs is 4. The molecule has 0 aromatic heterocycles. The van der Waals surface area contributed by atoms with Crippen LogP contribution in [-0.4, -0.2) is 58.3 Å². The maximum atomic E-state index is 15.8. The van der Waals surface area contributed by atoms with Gasteiger partial charge >= 0.3 is 0 Å². The number of carbonyl (C=O) groups is 4. The van der Waals surface area contributed by atoms with Gasteiger partial charge in [-0.3, -0.25) is 19.2 Å². The van der Waals surface area contributed by atoms with Crippen molar-refractivity contribution in [2.45, 2.75) is 172 Å². The number of nitrogens with one attached hydrogen (secondary N) is 4. The molecule has 0 bridgehead atoms. The Hall–Kier alpha value is -3.94. The summed E-state index contributed by atoms with van der Waals surface area (Å²) < 4.78 is 31.6. The molecule has 75 heavy (non-hydrogen) atoms. The zero-order valence-corrected chi connectivity index (χ0v) is 47.1. The van der Waals surface area contributed by atoms with Crippen molar-refractivity contribution in [2.24, 2.45) is 28.6 Å². The number of halogens is 6. The predicted molar refractivity (Wildman–Crippen MR) is 295 cm³/mol. The number of benzene rings is 4. The predicted octanol–water partition coefficient (Wildman–Crippen LogP) is 13.7. The van der Waals surface area contributed by atoms with Crippen LogP contribution < -0.4 is 21.3 Å². The Balaban J connectivity index is 0.000000184. The molecular formula is C60H70Cl4F2N4O5. The van der Waals surface area contributed by atoms with E-state index in [1.165, 1.54) is 12.1 Å². The van der Waals surface area contributed by atoms with Crippen LogP contribution in [0.25, 0.3) is 0 Å². The van der Waals surface area contributed by atoms with E-state index in [9.17, 15) is 24.3 Å². The highest BCUT2D eigenvalue weighted by Gasteiger charge is 2.68. The summed E-state index contributed by atoms with van der Waals surface area (Å²) in [5.74, 6) is -2.29. The van der Waals surface area contributed by atoms with E-state index in [1.54, 1.807) is 55.5 Å². The third kappa shape index (κ3) is 10.5. The molecule has 5 N–H and O–H groups in total. The van der Waals surface area contributed by atoms with Crippen molar-refractivity contribution < 1.29 is 33.1 Å². The van der Waals surface area contributed by atoms with Crippen LogP contribution >= 0.6 is 46.4 Å². The molecule has 4 aromatic rings. The first-order valence-electron chi connectivity index (χ1n) is 26.6. The summed E-state index contributed by atoms with van der Waals surface area (Å²) >= 11 is 25.1. The van der Waals surface area contributed by atoms with Crippen LogP contribution in [0.4, 0.5) is 20.2 Å². The van der Waals surface area contributed by atoms with Gasteiger partial charge in [-0.2, -0.15) is 0 Å². The largest absolute Gasteiger partial charge is 0.390 e. The number of rotatable bonds is 10. The highest BCUT2D eigenvalue weighted by atomic mass is 35.5. The molecule has 2 aliphatic carbocycles. The van der Waals surface area contributed by atoms with E-state index >= 15 is 8.78 Å². The standard InChI is InChI=1S/C31H37Cl2FN2O2.C29H33Cl2FN2O3/c1-17-8-10-18(11-9-17)14-24(37)28-26(20-6-5-7-22(33)27(20)34)31(25(36-28)16-30(2,3)4)21-13-12-19(32)15-23(21)35-29(31)38;1-27(2,3)14-22-29(18-9-8-16(30)11-20(18)33-26(29)36)23(17-6-5-7-19(31)24(17)32)25(34-22)21(35)10-15-12-28(4,37)13-15/h5-7,12-13,15,17-18,25-26,28,36H,8-11,14,16H2,1-4H3,(H,35,38);5-9,11,15,22-23,25,34,37H,10,12-14H2,1-4H3,(H,33,36)/t17?,18?,25-,26-,28-,31+;15?,22-,23-,25-,28?,29+/m00/s1. The smallest absolute Gasteiger partial charge is 0.237 e. The summed E-state index contributed by atoms with van der Waals surface area (Å²) in [5, 5.41) is 24.3. The first-order valence-corrected chi connectivity index (χ1v) is 28.1. The second-order valence-corrected chi connectivity index (χ2v) is 27.1. The second kappa shape index (κ2) is 20.7. The van der Waals surface area contributed by atoms with Crippen molar-refractivity contribution in [2.75, 3.05) is 10.6 Å². The minimum absolute atomic E-state index is 0.0147. The minimum atomic E-state index is -1.25. The lowest BCUT2D eigenvalue weighted by Crippen LogP contribution is -2.49. The van der Waals surface area contributed by atoms with E-state index in [2.05, 4.69) is 69.7 Å². The molecule has 8 atom stereocenters. The number of hydrogen-bond donors (Lipinski definition) is 5. The molecule has 2 saturated carbocycles. The maximum absolute atomic E-state index is 15.8. The summed E-state index contributed by atoms with van der Waals surface area (Å²) in [4.78, 5) is 56.3. The highest BCUT2D eigenvalue weighted by Crippen LogP contribution is 2.60. The fourth-order valence-corrected chi connectivity index (χ4v) is 14.8. The van der Waals surface area contributed by atoms with Gasteiger partial charge in [-0.15, -0.1) is 0 Å². The Morgan fingerprint density at radius 3 is 1.41 bits per heavy atom. The van der Waals surface area contributed by atoms with Crippen LogP contribution in [0.1, 0.15) is 154 Å². The number of ketones is 2. The molecule has 15 heteroatoms. The number of anilines is 2. The minimum Gasteiger partial charge on any atom is -0.390 e. The number of amides is 2. The van der Waals surface area contributed by atoms with Gasteiger partial charge in [0.1, 0.15) is 22.5 Å². The zero-order chi connectivity index (χ0) is 54.3. The third-order valence-electron chi connectivity index (χ3n) is 17.1. The number of Topliss-reactive ketones (excluding diaryl/α,β-unsaturated/α-hetero) is 2. The average Bonchev–Trinajstić information content (AvgIpc) is 3.99. The van der Waals surface area contributed by atoms with Crippen molar-refractivity contribution in [3.8, 4) is 0 Å². The Kier molecular flexibility index (Phi) is 15.4. The van der Waals surface area contributed by atoms with Gasteiger partial charge in [0.05, 0.1) is 27.7 Å². The topological polar surface area (TPSA) is 137 Å². The first-order chi connectivity index (χ1) is 35.1. The molecular weight excluding hydrogens is 1040 g/mol. The Morgan fingerprint density at radius 1 is 0.627 bits per heavy atom. The fraction of sp³-hybridized carbons (Fsp3) is 0.533. The quantitative estimate of drug-likeness (QED) is 0.107. The maximum Gasteiger partial charge on any atom is 0.237 e. The summed E-state index contributed by atoms with van der Waals surface area (Å²) in [5.41, 5.74) is -0.357. The van der Waals surface area contributed by atoms with Crippen molar-refractivity contribution in [3.05, 3.63) is 127 Å². The van der Waals surface area contributed by atoms with Gasteiger partial charge in [-0.05, 0) is 133 Å². The van der Waals surface area contributed by atoms with E-state index in [1.807, 2.05) is 12.1 Å². The molecule has 4 aliphatic heterocycles. The molecule has 0 unspecified atom stereocenters. The van der Waals surface area contributed by atoms with Gasteiger partial charge in [0.2, 0.25) is 11.8 Å². The van der Waals surface area contributed by atoms with E-state index in [0.29, 0.717) is 76.5 Å². The SMILES string of the molecule is CC(C)(C)C[C@@H]1N[C@@H](C(=O)CC2CC(C)(O)C2)[C@H](c2cccc(Cl)c2F)[C@]12C(=O)Nc1cc(Cl)ccc12.CC1CCC(CC(=O)[C@@H]2N[C@@H](CC(C)(C)C)[C@@]3(C(=O)Nc4cc(Cl)ccc43)[C@H]2c2cccc(Cl)c2F)CC1. The first kappa shape index (κ1) is 55.8. The second-order valence-electron chi connectivity index (χ2n) is 25.4. The Labute approximate surface area is 460 Å². The summed E-state index contributed by atoms with van der Waals surface area (Å²) in [6, 6.07) is 17.9. The van der Waals surface area contributed by atoms with Crippen LogP contribution in [0.15, 0.2) is 72.8 Å². The number of carbonyl (C=O) groups excluding carboxylic acids is 4. The summed E-state index contributed by atoms with van der Waals surface area (Å²) in [7, 11) is 0. The molecule has 6 aliphatic rings. The molecule has 10 rings (SSSR count). The van der Waals surface area contributed by atoms with Gasteiger partial charge in [0, 0.05) is 58.2 Å². The number of aliphatic hydroxyl groups is 1. The lowest BCUT2D eigenvalue weighted by Gasteiger charge is -2.41. The summed E-state index contributed by atoms with van der Waals surface area (Å²) in [6.07, 6.45) is 7.24. The molecule has 2 saturated heterocycles. The van der Waals surface area contributed by atoms with Gasteiger partial charge in [-0.1, -0.05) is 144 Å². The van der Waals surface area contributed by atoms with Crippen LogP contribution in [-0.2, 0) is 30.0 Å². The molecule has 4 heterocycles.